The van der Waals surface area contributed by atoms with Crippen molar-refractivity contribution in [3.8, 4) is 0 Å². The van der Waals surface area contributed by atoms with E-state index in [4.69, 9.17) is 4.74 Å². The minimum atomic E-state index is -0.871. The van der Waals surface area contributed by atoms with Crippen LogP contribution in [0.5, 0.6) is 0 Å². The van der Waals surface area contributed by atoms with Crippen LogP contribution < -0.4 is 10.9 Å². The Morgan fingerprint density at radius 1 is 1.15 bits per heavy atom. The topological polar surface area (TPSA) is 128 Å². The molecule has 1 aliphatic heterocycles. The monoisotopic (exact) mass is 488 g/mol. The van der Waals surface area contributed by atoms with Gasteiger partial charge in [-0.25, -0.2) is 13.9 Å². The van der Waals surface area contributed by atoms with Gasteiger partial charge in [0.2, 0.25) is 0 Å². The first-order chi connectivity index (χ1) is 16.3. The number of nitrogens with zero attached hydrogens (tertiary/aromatic N) is 3. The van der Waals surface area contributed by atoms with Crippen LogP contribution in [0.1, 0.15) is 29.4 Å². The highest BCUT2D eigenvalue weighted by molar-refractivity contribution is 8.18. The molecule has 3 amide bonds. The molecule has 0 aliphatic carbocycles. The Balaban J connectivity index is 1.47. The van der Waals surface area contributed by atoms with Crippen molar-refractivity contribution in [2.45, 2.75) is 19.9 Å². The summed E-state index contributed by atoms with van der Waals surface area (Å²) in [5.41, 5.74) is -0.282. The minimum Gasteiger partial charge on any atom is -0.451 e. The number of aryl methyl sites for hydroxylation is 1. The fourth-order valence-electron chi connectivity index (χ4n) is 2.92. The molecule has 1 fully saturated rings. The summed E-state index contributed by atoms with van der Waals surface area (Å²) >= 11 is 0.680. The number of aromatic nitrogens is 2. The average Bonchev–Trinajstić information content (AvgIpc) is 3.08. The molecule has 0 bridgehead atoms. The van der Waals surface area contributed by atoms with Gasteiger partial charge in [0, 0.05) is 31.3 Å². The van der Waals surface area contributed by atoms with Crippen LogP contribution in [-0.4, -0.2) is 57.4 Å². The van der Waals surface area contributed by atoms with E-state index in [9.17, 15) is 28.4 Å². The lowest BCUT2D eigenvalue weighted by atomic mass is 10.2. The molecule has 2 aromatic rings. The molecule has 0 spiro atoms. The number of thioether (sulfide) groups is 1. The first-order valence-corrected chi connectivity index (χ1v) is 11.1. The summed E-state index contributed by atoms with van der Waals surface area (Å²) in [4.78, 5) is 61.3. The van der Waals surface area contributed by atoms with Crippen LogP contribution in [0.15, 0.2) is 46.1 Å². The molecule has 1 aromatic heterocycles. The van der Waals surface area contributed by atoms with Crippen molar-refractivity contribution >= 4 is 40.9 Å². The zero-order valence-electron chi connectivity index (χ0n) is 18.2. The number of amides is 3. The predicted molar refractivity (Wildman–Crippen MR) is 121 cm³/mol. The van der Waals surface area contributed by atoms with Crippen molar-refractivity contribution in [3.05, 3.63) is 68.7 Å². The third kappa shape index (κ3) is 6.16. The Labute approximate surface area is 197 Å². The van der Waals surface area contributed by atoms with Crippen LogP contribution in [0.4, 0.5) is 9.18 Å². The molecule has 0 unspecified atom stereocenters. The second-order valence-corrected chi connectivity index (χ2v) is 8.05. The summed E-state index contributed by atoms with van der Waals surface area (Å²) in [6.45, 7) is 1.40. The first kappa shape index (κ1) is 24.8. The van der Waals surface area contributed by atoms with Crippen LogP contribution in [-0.2, 0) is 20.9 Å². The SMILES string of the molecule is CCCn1nc(C(=O)OCC(=O)NCCN2C(=O)S/C(=C\c3ccccc3F)C2=O)ccc1=O. The Bertz CT molecular complexity index is 1210. The van der Waals surface area contributed by atoms with Gasteiger partial charge in [0.05, 0.1) is 4.91 Å². The minimum absolute atomic E-state index is 0.0684. The number of ether oxygens (including phenoxy) is 1. The van der Waals surface area contributed by atoms with Crippen molar-refractivity contribution < 1.29 is 28.3 Å². The smallest absolute Gasteiger partial charge is 0.359 e. The van der Waals surface area contributed by atoms with E-state index in [1.807, 2.05) is 6.92 Å². The van der Waals surface area contributed by atoms with Gasteiger partial charge in [-0.2, -0.15) is 5.10 Å². The summed E-state index contributed by atoms with van der Waals surface area (Å²) in [7, 11) is 0. The van der Waals surface area contributed by atoms with Gasteiger partial charge in [-0.1, -0.05) is 25.1 Å². The maximum atomic E-state index is 13.8. The number of rotatable bonds is 9. The van der Waals surface area contributed by atoms with E-state index in [2.05, 4.69) is 10.4 Å². The summed E-state index contributed by atoms with van der Waals surface area (Å²) in [6.07, 6.45) is 1.95. The molecule has 0 saturated carbocycles. The van der Waals surface area contributed by atoms with Crippen molar-refractivity contribution in [3.63, 3.8) is 0 Å². The normalized spacial score (nSPS) is 14.5. The standard InChI is InChI=1S/C22H21FN4O6S/c1-2-10-27-19(29)8-7-16(25-27)21(31)33-13-18(28)24-9-11-26-20(30)17(34-22(26)32)12-14-5-3-4-6-15(14)23/h3-8,12H,2,9-11,13H2,1H3,(H,24,28)/b17-12-. The van der Waals surface area contributed by atoms with E-state index in [-0.39, 0.29) is 34.8 Å². The van der Waals surface area contributed by atoms with Crippen molar-refractivity contribution in [1.29, 1.82) is 0 Å². The summed E-state index contributed by atoms with van der Waals surface area (Å²) < 4.78 is 19.8. The van der Waals surface area contributed by atoms with Crippen LogP contribution in [0.2, 0.25) is 0 Å². The lowest BCUT2D eigenvalue weighted by molar-refractivity contribution is -0.125. The maximum absolute atomic E-state index is 13.8. The fourth-order valence-corrected chi connectivity index (χ4v) is 3.78. The highest BCUT2D eigenvalue weighted by Crippen LogP contribution is 2.32. The zero-order chi connectivity index (χ0) is 24.7. The first-order valence-electron chi connectivity index (χ1n) is 10.3. The van der Waals surface area contributed by atoms with E-state index >= 15 is 0 Å². The van der Waals surface area contributed by atoms with Gasteiger partial charge in [0.15, 0.2) is 12.3 Å². The third-order valence-corrected chi connectivity index (χ3v) is 5.48. The number of esters is 1. The fraction of sp³-hybridized carbons (Fsp3) is 0.273. The van der Waals surface area contributed by atoms with Crippen LogP contribution in [0, 0.1) is 5.82 Å². The molecular weight excluding hydrogens is 467 g/mol. The maximum Gasteiger partial charge on any atom is 0.359 e. The Morgan fingerprint density at radius 2 is 1.91 bits per heavy atom. The average molecular weight is 488 g/mol. The van der Waals surface area contributed by atoms with Crippen molar-refractivity contribution in [1.82, 2.24) is 20.0 Å². The second kappa shape index (κ2) is 11.4. The number of nitrogens with one attached hydrogen (secondary N) is 1. The highest BCUT2D eigenvalue weighted by Gasteiger charge is 2.34. The lowest BCUT2D eigenvalue weighted by Crippen LogP contribution is -2.38. The molecule has 1 aliphatic rings. The predicted octanol–water partition coefficient (Wildman–Crippen LogP) is 1.80. The highest BCUT2D eigenvalue weighted by atomic mass is 32.2. The number of hydrogen-bond donors (Lipinski definition) is 1. The molecular formula is C22H21FN4O6S. The van der Waals surface area contributed by atoms with Crippen LogP contribution >= 0.6 is 11.8 Å². The number of carbonyl (C=O) groups is 4. The number of halogens is 1. The van der Waals surface area contributed by atoms with Gasteiger partial charge in [-0.05, 0) is 36.4 Å². The Kier molecular flexibility index (Phi) is 8.30. The number of benzene rings is 1. The van der Waals surface area contributed by atoms with Crippen LogP contribution in [0.3, 0.4) is 0 Å². The Hall–Kier alpha value is -3.80. The van der Waals surface area contributed by atoms with E-state index < -0.39 is 35.4 Å². The number of hydrogen-bond acceptors (Lipinski definition) is 8. The molecule has 1 N–H and O–H groups in total. The molecule has 12 heteroatoms. The molecule has 3 rings (SSSR count). The van der Waals surface area contributed by atoms with Gasteiger partial charge >= 0.3 is 5.97 Å². The zero-order valence-corrected chi connectivity index (χ0v) is 19.0. The lowest BCUT2D eigenvalue weighted by Gasteiger charge is -2.13. The third-order valence-electron chi connectivity index (χ3n) is 4.57. The molecule has 2 heterocycles. The number of imide groups is 1. The molecule has 34 heavy (non-hydrogen) atoms. The molecule has 10 nitrogen and oxygen atoms in total. The second-order valence-electron chi connectivity index (χ2n) is 7.06. The summed E-state index contributed by atoms with van der Waals surface area (Å²) in [5, 5.41) is 5.80. The van der Waals surface area contributed by atoms with Gasteiger partial charge in [0.1, 0.15) is 5.82 Å². The van der Waals surface area contributed by atoms with Gasteiger partial charge < -0.3 is 10.1 Å². The summed E-state index contributed by atoms with van der Waals surface area (Å²) in [6, 6.07) is 8.26. The van der Waals surface area contributed by atoms with E-state index in [0.29, 0.717) is 24.7 Å². The van der Waals surface area contributed by atoms with Crippen LogP contribution in [0.25, 0.3) is 6.08 Å². The molecule has 1 aromatic carbocycles. The largest absolute Gasteiger partial charge is 0.451 e. The Morgan fingerprint density at radius 3 is 2.65 bits per heavy atom. The number of carbonyl (C=O) groups excluding carboxylic acids is 4. The molecule has 0 atom stereocenters. The van der Waals surface area contributed by atoms with Gasteiger partial charge in [-0.3, -0.25) is 24.1 Å². The molecule has 1 saturated heterocycles. The molecule has 0 radical (unpaired) electrons. The van der Waals surface area contributed by atoms with Crippen molar-refractivity contribution in [2.24, 2.45) is 0 Å². The quantitative estimate of drug-likeness (QED) is 0.418. The van der Waals surface area contributed by atoms with Gasteiger partial charge in [0.25, 0.3) is 22.6 Å². The van der Waals surface area contributed by atoms with E-state index in [0.717, 1.165) is 9.58 Å². The van der Waals surface area contributed by atoms with E-state index in [1.165, 1.54) is 36.4 Å². The van der Waals surface area contributed by atoms with E-state index in [1.54, 1.807) is 6.07 Å². The molecule has 178 valence electrons. The van der Waals surface area contributed by atoms with Gasteiger partial charge in [-0.15, -0.1) is 0 Å². The summed E-state index contributed by atoms with van der Waals surface area (Å²) in [5.74, 6) is -2.63. The van der Waals surface area contributed by atoms with Crippen molar-refractivity contribution in [2.75, 3.05) is 19.7 Å².